The predicted octanol–water partition coefficient (Wildman–Crippen LogP) is 8.80. The van der Waals surface area contributed by atoms with Crippen molar-refractivity contribution in [1.82, 2.24) is 0 Å². The third-order valence-corrected chi connectivity index (χ3v) is 7.00. The van der Waals surface area contributed by atoms with Gasteiger partial charge in [-0.1, -0.05) is 38.7 Å². The second-order valence-corrected chi connectivity index (χ2v) is 8.86. The van der Waals surface area contributed by atoms with E-state index in [9.17, 15) is 8.78 Å². The minimum Gasteiger partial charge on any atom is -0.493 e. The van der Waals surface area contributed by atoms with Crippen molar-refractivity contribution in [3.63, 3.8) is 0 Å². The summed E-state index contributed by atoms with van der Waals surface area (Å²) in [6.45, 7) is 4.12. The van der Waals surface area contributed by atoms with Crippen LogP contribution in [0.25, 0.3) is 22.3 Å². The molecule has 0 aromatic heterocycles. The first-order chi connectivity index (χ1) is 15.0. The van der Waals surface area contributed by atoms with Crippen molar-refractivity contribution in [3.8, 4) is 28.0 Å². The summed E-state index contributed by atoms with van der Waals surface area (Å²) < 4.78 is 63.1. The van der Waals surface area contributed by atoms with Crippen molar-refractivity contribution in [3.05, 3.63) is 41.0 Å². The maximum atomic E-state index is 15.1. The van der Waals surface area contributed by atoms with Crippen molar-refractivity contribution in [1.29, 1.82) is 0 Å². The second-order valence-electron chi connectivity index (χ2n) is 8.86. The Morgan fingerprint density at radius 2 is 1.68 bits per heavy atom. The van der Waals surface area contributed by atoms with E-state index in [0.29, 0.717) is 22.6 Å². The molecule has 1 nitrogen and oxygen atoms in total. The standard InChI is InChI=1S/C26H30F4O/c1-3-5-6-7-15-8-10-16(11-9-15)18-14-19-17-12-13-20(31-4-2)23(26(29)30)21(17)22(19)25(28)24(18)27/h12-16,26H,3-11H2,1-2H3. The third kappa shape index (κ3) is 3.96. The zero-order valence-corrected chi connectivity index (χ0v) is 18.2. The summed E-state index contributed by atoms with van der Waals surface area (Å²) in [6, 6.07) is 4.89. The van der Waals surface area contributed by atoms with Crippen LogP contribution in [0.3, 0.4) is 0 Å². The molecule has 0 atom stereocenters. The lowest BCUT2D eigenvalue weighted by atomic mass is 9.72. The molecule has 0 N–H and O–H groups in total. The van der Waals surface area contributed by atoms with Crippen LogP contribution in [0.1, 0.15) is 88.7 Å². The molecule has 0 unspecified atom stereocenters. The van der Waals surface area contributed by atoms with Gasteiger partial charge in [-0.25, -0.2) is 17.6 Å². The summed E-state index contributed by atoms with van der Waals surface area (Å²) >= 11 is 0. The number of benzene rings is 2. The number of hydrogen-bond donors (Lipinski definition) is 0. The first kappa shape index (κ1) is 22.2. The quantitative estimate of drug-likeness (QED) is 0.254. The van der Waals surface area contributed by atoms with Gasteiger partial charge in [-0.15, -0.1) is 0 Å². The van der Waals surface area contributed by atoms with E-state index < -0.39 is 18.1 Å². The van der Waals surface area contributed by atoms with Crippen LogP contribution in [0.15, 0.2) is 18.2 Å². The number of fused-ring (bicyclic) bond motifs is 4. The minimum absolute atomic E-state index is 0.0106. The van der Waals surface area contributed by atoms with Crippen LogP contribution in [0.4, 0.5) is 17.6 Å². The van der Waals surface area contributed by atoms with Crippen LogP contribution in [0.5, 0.6) is 5.75 Å². The first-order valence-corrected chi connectivity index (χ1v) is 11.6. The van der Waals surface area contributed by atoms with Gasteiger partial charge in [0.1, 0.15) is 5.75 Å². The van der Waals surface area contributed by atoms with Gasteiger partial charge < -0.3 is 4.74 Å². The maximum absolute atomic E-state index is 15.1. The molecule has 0 heterocycles. The Labute approximate surface area is 181 Å². The van der Waals surface area contributed by atoms with Gasteiger partial charge in [0, 0.05) is 11.1 Å². The van der Waals surface area contributed by atoms with E-state index in [0.717, 1.165) is 25.7 Å². The van der Waals surface area contributed by atoms with Gasteiger partial charge >= 0.3 is 0 Å². The average Bonchev–Trinajstić information content (AvgIpc) is 2.75. The predicted molar refractivity (Wildman–Crippen MR) is 116 cm³/mol. The molecule has 168 valence electrons. The van der Waals surface area contributed by atoms with Gasteiger partial charge in [0.15, 0.2) is 11.6 Å². The monoisotopic (exact) mass is 434 g/mol. The fourth-order valence-electron chi connectivity index (χ4n) is 5.37. The normalized spacial score (nSPS) is 19.7. The zero-order chi connectivity index (χ0) is 22.1. The number of rotatable bonds is 8. The zero-order valence-electron chi connectivity index (χ0n) is 18.2. The highest BCUT2D eigenvalue weighted by Crippen LogP contribution is 2.56. The highest BCUT2D eigenvalue weighted by Gasteiger charge is 2.37. The van der Waals surface area contributed by atoms with Crippen molar-refractivity contribution in [2.75, 3.05) is 6.61 Å². The van der Waals surface area contributed by atoms with Crippen LogP contribution in [0, 0.1) is 17.6 Å². The Bertz CT molecular complexity index is 945. The van der Waals surface area contributed by atoms with Crippen molar-refractivity contribution in [2.24, 2.45) is 5.92 Å². The summed E-state index contributed by atoms with van der Waals surface area (Å²) in [5, 5.41) is 0. The van der Waals surface area contributed by atoms with Crippen molar-refractivity contribution in [2.45, 2.75) is 77.6 Å². The van der Waals surface area contributed by atoms with E-state index in [1.807, 2.05) is 0 Å². The van der Waals surface area contributed by atoms with Crippen LogP contribution in [0.2, 0.25) is 0 Å². The smallest absolute Gasteiger partial charge is 0.268 e. The number of alkyl halides is 2. The largest absolute Gasteiger partial charge is 0.493 e. The molecule has 2 aromatic rings. The van der Waals surface area contributed by atoms with E-state index >= 15 is 8.78 Å². The lowest BCUT2D eigenvalue weighted by Crippen LogP contribution is -2.17. The molecule has 4 rings (SSSR count). The van der Waals surface area contributed by atoms with Gasteiger partial charge in [-0.2, -0.15) is 0 Å². The summed E-state index contributed by atoms with van der Waals surface area (Å²) in [5.41, 5.74) is 1.23. The fourth-order valence-corrected chi connectivity index (χ4v) is 5.37. The maximum Gasteiger partial charge on any atom is 0.268 e. The molecule has 2 aromatic carbocycles. The number of unbranched alkanes of at least 4 members (excludes halogenated alkanes) is 2. The highest BCUT2D eigenvalue weighted by atomic mass is 19.3. The topological polar surface area (TPSA) is 9.23 Å². The van der Waals surface area contributed by atoms with E-state index in [2.05, 4.69) is 6.92 Å². The van der Waals surface area contributed by atoms with Crippen LogP contribution in [-0.4, -0.2) is 6.61 Å². The Morgan fingerprint density at radius 3 is 2.32 bits per heavy atom. The Kier molecular flexibility index (Phi) is 6.59. The van der Waals surface area contributed by atoms with Gasteiger partial charge in [0.05, 0.1) is 12.2 Å². The van der Waals surface area contributed by atoms with E-state index in [1.165, 1.54) is 31.7 Å². The Balaban J connectivity index is 1.61. The van der Waals surface area contributed by atoms with E-state index in [4.69, 9.17) is 4.74 Å². The second kappa shape index (κ2) is 9.22. The molecule has 0 bridgehead atoms. The molecule has 0 amide bonds. The summed E-state index contributed by atoms with van der Waals surface area (Å²) in [6.07, 6.45) is 5.86. The fraction of sp³-hybridized carbons (Fsp3) is 0.538. The van der Waals surface area contributed by atoms with Crippen molar-refractivity contribution >= 4 is 0 Å². The van der Waals surface area contributed by atoms with Gasteiger partial charge in [-0.05, 0) is 73.3 Å². The molecule has 0 aliphatic heterocycles. The molecule has 1 saturated carbocycles. The molecule has 0 spiro atoms. The van der Waals surface area contributed by atoms with Crippen molar-refractivity contribution < 1.29 is 22.3 Å². The lowest BCUT2D eigenvalue weighted by molar-refractivity contribution is 0.146. The first-order valence-electron chi connectivity index (χ1n) is 11.6. The molecule has 0 saturated heterocycles. The van der Waals surface area contributed by atoms with Gasteiger partial charge in [0.25, 0.3) is 6.43 Å². The molecule has 2 aliphatic carbocycles. The minimum atomic E-state index is -2.82. The Hall–Kier alpha value is -2.04. The highest BCUT2D eigenvalue weighted by molar-refractivity contribution is 6.05. The molecule has 1 fully saturated rings. The molecule has 0 radical (unpaired) electrons. The van der Waals surface area contributed by atoms with Crippen LogP contribution in [-0.2, 0) is 0 Å². The third-order valence-electron chi connectivity index (χ3n) is 7.00. The summed E-state index contributed by atoms with van der Waals surface area (Å²) in [7, 11) is 0. The van der Waals surface area contributed by atoms with E-state index in [1.54, 1.807) is 19.1 Å². The Morgan fingerprint density at radius 1 is 0.935 bits per heavy atom. The number of halogens is 4. The summed E-state index contributed by atoms with van der Waals surface area (Å²) in [5.74, 6) is -1.18. The van der Waals surface area contributed by atoms with E-state index in [-0.39, 0.29) is 35.0 Å². The van der Waals surface area contributed by atoms with Gasteiger partial charge in [0.2, 0.25) is 0 Å². The lowest BCUT2D eigenvalue weighted by Gasteiger charge is -2.33. The molecule has 31 heavy (non-hydrogen) atoms. The molecular formula is C26H30F4O. The summed E-state index contributed by atoms with van der Waals surface area (Å²) in [4.78, 5) is 0. The van der Waals surface area contributed by atoms with Gasteiger partial charge in [-0.3, -0.25) is 0 Å². The van der Waals surface area contributed by atoms with Crippen LogP contribution < -0.4 is 4.74 Å². The average molecular weight is 435 g/mol. The van der Waals surface area contributed by atoms with Crippen LogP contribution >= 0.6 is 0 Å². The molecule has 5 heteroatoms. The molecular weight excluding hydrogens is 404 g/mol. The molecule has 2 aliphatic rings. The number of hydrogen-bond acceptors (Lipinski definition) is 1. The number of ether oxygens (including phenoxy) is 1. The SMILES string of the molecule is CCCCCC1CCC(c2cc3c(c(F)c2F)-c2c-3ccc(OCC)c2C(F)F)CC1.